The molecule has 2 atom stereocenters. The number of aliphatic hydroxyl groups excluding tert-OH is 1. The van der Waals surface area contributed by atoms with Crippen LogP contribution in [0.4, 0.5) is 0 Å². The smallest absolute Gasteiger partial charge is 0.338 e. The van der Waals surface area contributed by atoms with Crippen molar-refractivity contribution in [1.29, 1.82) is 0 Å². The molecule has 0 aromatic carbocycles. The maximum absolute atomic E-state index is 12.2. The van der Waals surface area contributed by atoms with Crippen molar-refractivity contribution in [3.63, 3.8) is 0 Å². The van der Waals surface area contributed by atoms with Gasteiger partial charge in [-0.2, -0.15) is 0 Å². The average molecular weight is 358 g/mol. The van der Waals surface area contributed by atoms with Crippen LogP contribution in [0.5, 0.6) is 0 Å². The highest BCUT2D eigenvalue weighted by Gasteiger charge is 2.42. The molecule has 0 amide bonds. The first-order chi connectivity index (χ1) is 12.4. The normalized spacial score (nSPS) is 30.0. The minimum Gasteiger partial charge on any atom is -0.454 e. The number of hydrogen-bond donors (Lipinski definition) is 1. The monoisotopic (exact) mass is 358 g/mol. The van der Waals surface area contributed by atoms with Gasteiger partial charge in [0.05, 0.1) is 12.5 Å². The maximum atomic E-state index is 12.2. The third-order valence-electron chi connectivity index (χ3n) is 4.37. The Morgan fingerprint density at radius 3 is 2.85 bits per heavy atom. The molecule has 6 heteroatoms. The molecule has 26 heavy (non-hydrogen) atoms. The van der Waals surface area contributed by atoms with Gasteiger partial charge in [0, 0.05) is 16.7 Å². The summed E-state index contributed by atoms with van der Waals surface area (Å²) < 4.78 is 10.8. The van der Waals surface area contributed by atoms with E-state index in [1.54, 1.807) is 32.1 Å². The van der Waals surface area contributed by atoms with Crippen LogP contribution in [0.25, 0.3) is 0 Å². The first-order valence-electron chi connectivity index (χ1n) is 8.33. The van der Waals surface area contributed by atoms with Crippen molar-refractivity contribution >= 4 is 18.2 Å². The molecule has 1 aliphatic carbocycles. The lowest BCUT2D eigenvalue weighted by Crippen LogP contribution is -2.22. The van der Waals surface area contributed by atoms with Gasteiger partial charge < -0.3 is 14.6 Å². The van der Waals surface area contributed by atoms with Gasteiger partial charge in [-0.3, -0.25) is 4.79 Å². The first-order valence-corrected chi connectivity index (χ1v) is 8.33. The summed E-state index contributed by atoms with van der Waals surface area (Å²) in [5.41, 5.74) is 1.50. The Balaban J connectivity index is 2.55. The Labute approximate surface area is 152 Å². The van der Waals surface area contributed by atoms with Crippen LogP contribution in [0.3, 0.4) is 0 Å². The van der Waals surface area contributed by atoms with Gasteiger partial charge in [-0.15, -0.1) is 0 Å². The summed E-state index contributed by atoms with van der Waals surface area (Å²) in [4.78, 5) is 35.6. The Bertz CT molecular complexity index is 750. The molecule has 0 aromatic heterocycles. The van der Waals surface area contributed by atoms with Gasteiger partial charge in [0.2, 0.25) is 0 Å². The van der Waals surface area contributed by atoms with Crippen LogP contribution in [0.15, 0.2) is 58.9 Å². The Kier molecular flexibility index (Phi) is 6.46. The highest BCUT2D eigenvalue weighted by atomic mass is 16.6. The van der Waals surface area contributed by atoms with Crippen molar-refractivity contribution in [2.75, 3.05) is 6.61 Å². The number of esters is 2. The molecule has 0 aromatic rings. The number of fused-ring (bicyclic) bond motifs is 1. The molecule has 0 radical (unpaired) electrons. The van der Waals surface area contributed by atoms with Crippen molar-refractivity contribution in [2.24, 2.45) is 5.92 Å². The van der Waals surface area contributed by atoms with Crippen molar-refractivity contribution < 1.29 is 29.0 Å². The molecule has 2 rings (SSSR count). The van der Waals surface area contributed by atoms with Crippen LogP contribution in [0.2, 0.25) is 0 Å². The molecular formula is C20H22O6. The van der Waals surface area contributed by atoms with E-state index in [-0.39, 0.29) is 17.9 Å². The lowest BCUT2D eigenvalue weighted by atomic mass is 9.90. The molecule has 1 saturated heterocycles. The summed E-state index contributed by atoms with van der Waals surface area (Å²) in [6.45, 7) is 6.86. The van der Waals surface area contributed by atoms with Crippen LogP contribution in [-0.4, -0.2) is 36.0 Å². The minimum atomic E-state index is -0.756. The number of ether oxygens (including phenoxy) is 2. The highest BCUT2D eigenvalue weighted by molar-refractivity contribution is 5.93. The molecule has 6 nitrogen and oxygen atoms in total. The van der Waals surface area contributed by atoms with E-state index in [0.717, 1.165) is 0 Å². The van der Waals surface area contributed by atoms with E-state index in [0.29, 0.717) is 35.8 Å². The molecule has 1 aliphatic heterocycles. The van der Waals surface area contributed by atoms with Crippen LogP contribution in [0.1, 0.15) is 26.7 Å². The minimum absolute atomic E-state index is 0.117. The van der Waals surface area contributed by atoms with E-state index in [4.69, 9.17) is 9.47 Å². The Hall–Kier alpha value is -2.73. The second-order valence-electron chi connectivity index (χ2n) is 6.12. The summed E-state index contributed by atoms with van der Waals surface area (Å²) in [6, 6.07) is 0. The second kappa shape index (κ2) is 8.58. The molecule has 1 N–H and O–H groups in total. The molecule has 0 unspecified atom stereocenters. The van der Waals surface area contributed by atoms with Crippen LogP contribution >= 0.6 is 0 Å². The maximum Gasteiger partial charge on any atom is 0.338 e. The second-order valence-corrected chi connectivity index (χ2v) is 6.12. The number of hydrogen-bond acceptors (Lipinski definition) is 6. The molecule has 0 bridgehead atoms. The van der Waals surface area contributed by atoms with Gasteiger partial charge in [-0.05, 0) is 44.4 Å². The van der Waals surface area contributed by atoms with Gasteiger partial charge in [-0.25, -0.2) is 9.59 Å². The van der Waals surface area contributed by atoms with E-state index in [9.17, 15) is 19.5 Å². The number of rotatable bonds is 4. The zero-order valence-corrected chi connectivity index (χ0v) is 14.9. The largest absolute Gasteiger partial charge is 0.454 e. The Morgan fingerprint density at radius 1 is 1.50 bits per heavy atom. The van der Waals surface area contributed by atoms with Crippen molar-refractivity contribution in [1.82, 2.24) is 0 Å². The predicted molar refractivity (Wildman–Crippen MR) is 94.7 cm³/mol. The van der Waals surface area contributed by atoms with Crippen LogP contribution < -0.4 is 0 Å². The average Bonchev–Trinajstić information content (AvgIpc) is 2.91. The fourth-order valence-corrected chi connectivity index (χ4v) is 2.72. The zero-order chi connectivity index (χ0) is 19.3. The third-order valence-corrected chi connectivity index (χ3v) is 4.37. The van der Waals surface area contributed by atoms with Crippen LogP contribution in [-0.2, 0) is 23.9 Å². The standard InChI is InChI=1S/C20H22O6/c1-4-12(2)19(23)25-16-8-14(10-21)6-5-7-15(11-22)9-17-18(16)13(3)20(24)26-17/h4,6,8-10,17-18,22H,3,5,7,11H2,1-2H3/b12-4-,14-6+,15-9-,16-8-/t17-,18-/m1/s1. The van der Waals surface area contributed by atoms with Gasteiger partial charge in [0.25, 0.3) is 0 Å². The summed E-state index contributed by atoms with van der Waals surface area (Å²) in [6.07, 6.45) is 7.31. The summed E-state index contributed by atoms with van der Waals surface area (Å²) in [5, 5.41) is 9.53. The van der Waals surface area contributed by atoms with E-state index < -0.39 is 24.0 Å². The van der Waals surface area contributed by atoms with Crippen molar-refractivity contribution in [3.8, 4) is 0 Å². The van der Waals surface area contributed by atoms with Crippen molar-refractivity contribution in [3.05, 3.63) is 58.9 Å². The summed E-state index contributed by atoms with van der Waals surface area (Å²) >= 11 is 0. The molecule has 0 saturated carbocycles. The Morgan fingerprint density at radius 2 is 2.23 bits per heavy atom. The molecule has 138 valence electrons. The van der Waals surface area contributed by atoms with Crippen LogP contribution in [0, 0.1) is 5.92 Å². The predicted octanol–water partition coefficient (Wildman–Crippen LogP) is 2.32. The van der Waals surface area contributed by atoms with E-state index in [2.05, 4.69) is 6.58 Å². The van der Waals surface area contributed by atoms with E-state index >= 15 is 0 Å². The van der Waals surface area contributed by atoms with Gasteiger partial charge in [0.15, 0.2) is 0 Å². The number of aliphatic hydroxyl groups is 1. The molecule has 1 heterocycles. The van der Waals surface area contributed by atoms with E-state index in [1.165, 1.54) is 6.08 Å². The number of carbonyl (C=O) groups excluding carboxylic acids is 3. The zero-order valence-electron chi connectivity index (χ0n) is 14.9. The quantitative estimate of drug-likeness (QED) is 0.359. The van der Waals surface area contributed by atoms with Crippen molar-refractivity contribution in [2.45, 2.75) is 32.8 Å². The third kappa shape index (κ3) is 4.26. The lowest BCUT2D eigenvalue weighted by molar-refractivity contribution is -0.137. The fraction of sp³-hybridized carbons (Fsp3) is 0.350. The molecule has 1 fully saturated rings. The van der Waals surface area contributed by atoms with E-state index in [1.807, 2.05) is 0 Å². The number of allylic oxidation sites excluding steroid dienone is 4. The highest BCUT2D eigenvalue weighted by Crippen LogP contribution is 2.36. The topological polar surface area (TPSA) is 89.9 Å². The van der Waals surface area contributed by atoms with Gasteiger partial charge in [-0.1, -0.05) is 18.7 Å². The van der Waals surface area contributed by atoms with Gasteiger partial charge >= 0.3 is 11.9 Å². The lowest BCUT2D eigenvalue weighted by Gasteiger charge is -2.20. The molecule has 0 spiro atoms. The SMILES string of the molecule is C=C1C(=O)O[C@@H]2/C=C(\CO)CC/C=C(C=O)\C=C(/OC(=O)/C(C)=C\C)[C@@H]12. The number of aldehydes is 1. The number of carbonyl (C=O) groups is 3. The fourth-order valence-electron chi connectivity index (χ4n) is 2.72. The summed E-state index contributed by atoms with van der Waals surface area (Å²) in [7, 11) is 0. The first kappa shape index (κ1) is 19.6. The molecular weight excluding hydrogens is 336 g/mol. The summed E-state index contributed by atoms with van der Waals surface area (Å²) in [5.74, 6) is -1.82. The molecule has 2 aliphatic rings. The van der Waals surface area contributed by atoms with Gasteiger partial charge in [0.1, 0.15) is 18.1 Å².